The first-order valence-electron chi connectivity index (χ1n) is 6.29. The second-order valence-corrected chi connectivity index (χ2v) is 4.44. The van der Waals surface area contributed by atoms with Crippen molar-refractivity contribution >= 4 is 17.1 Å². The summed E-state index contributed by atoms with van der Waals surface area (Å²) >= 11 is 0. The molecule has 0 bridgehead atoms. The Kier molecular flexibility index (Phi) is 3.74. The number of hydrogen-bond acceptors (Lipinski definition) is 4. The molecule has 0 amide bonds. The standard InChI is InChI=1S/C13H22N4/c1-3-16-6-8-17(9-7-16)11-4-5-12(14)13(10-11)15-2/h4-5,10,15H,3,6-9,14H2,1-2H3. The minimum Gasteiger partial charge on any atom is -0.397 e. The predicted octanol–water partition coefficient (Wildman–Crippen LogP) is 1.45. The van der Waals surface area contributed by atoms with Crippen molar-refractivity contribution in [2.45, 2.75) is 6.92 Å². The lowest BCUT2D eigenvalue weighted by Gasteiger charge is -2.35. The van der Waals surface area contributed by atoms with Gasteiger partial charge in [0.05, 0.1) is 11.4 Å². The maximum absolute atomic E-state index is 5.88. The summed E-state index contributed by atoms with van der Waals surface area (Å²) in [6.07, 6.45) is 0. The van der Waals surface area contributed by atoms with Crippen LogP contribution in [0.25, 0.3) is 0 Å². The normalized spacial score (nSPS) is 17.2. The SMILES string of the molecule is CCN1CCN(c2ccc(N)c(NC)c2)CC1. The van der Waals surface area contributed by atoms with Crippen molar-refractivity contribution in [1.82, 2.24) is 4.90 Å². The number of rotatable bonds is 3. The number of nitrogens with two attached hydrogens (primary N) is 1. The zero-order valence-corrected chi connectivity index (χ0v) is 10.7. The fourth-order valence-electron chi connectivity index (χ4n) is 2.28. The number of nitrogen functional groups attached to an aromatic ring is 1. The summed E-state index contributed by atoms with van der Waals surface area (Å²) in [4.78, 5) is 4.90. The zero-order valence-electron chi connectivity index (χ0n) is 10.7. The van der Waals surface area contributed by atoms with Gasteiger partial charge < -0.3 is 20.9 Å². The van der Waals surface area contributed by atoms with Gasteiger partial charge in [-0.25, -0.2) is 0 Å². The molecular weight excluding hydrogens is 212 g/mol. The third-order valence-electron chi connectivity index (χ3n) is 3.49. The topological polar surface area (TPSA) is 44.5 Å². The molecule has 0 unspecified atom stereocenters. The second-order valence-electron chi connectivity index (χ2n) is 4.44. The van der Waals surface area contributed by atoms with Gasteiger partial charge in [0.1, 0.15) is 0 Å². The van der Waals surface area contributed by atoms with Crippen LogP contribution in [0.15, 0.2) is 18.2 Å². The lowest BCUT2D eigenvalue weighted by atomic mass is 10.2. The van der Waals surface area contributed by atoms with Crippen molar-refractivity contribution < 1.29 is 0 Å². The molecule has 0 radical (unpaired) electrons. The van der Waals surface area contributed by atoms with Crippen molar-refractivity contribution in [2.24, 2.45) is 0 Å². The average molecular weight is 234 g/mol. The van der Waals surface area contributed by atoms with E-state index in [2.05, 4.69) is 34.2 Å². The number of likely N-dealkylation sites (N-methyl/N-ethyl adjacent to an activating group) is 1. The van der Waals surface area contributed by atoms with E-state index in [0.717, 1.165) is 44.1 Å². The van der Waals surface area contributed by atoms with Crippen LogP contribution in [0.3, 0.4) is 0 Å². The van der Waals surface area contributed by atoms with Crippen molar-refractivity contribution in [2.75, 3.05) is 55.7 Å². The second kappa shape index (κ2) is 5.27. The van der Waals surface area contributed by atoms with Gasteiger partial charge in [-0.05, 0) is 24.7 Å². The molecule has 0 aliphatic carbocycles. The highest BCUT2D eigenvalue weighted by Gasteiger charge is 2.16. The van der Waals surface area contributed by atoms with Gasteiger partial charge in [-0.1, -0.05) is 6.92 Å². The molecule has 0 spiro atoms. The van der Waals surface area contributed by atoms with Gasteiger partial charge in [0.25, 0.3) is 0 Å². The first-order valence-corrected chi connectivity index (χ1v) is 6.29. The van der Waals surface area contributed by atoms with E-state index < -0.39 is 0 Å². The van der Waals surface area contributed by atoms with E-state index in [1.54, 1.807) is 0 Å². The maximum atomic E-state index is 5.88. The molecule has 94 valence electrons. The Hall–Kier alpha value is -1.42. The highest BCUT2D eigenvalue weighted by atomic mass is 15.3. The Morgan fingerprint density at radius 1 is 1.24 bits per heavy atom. The molecule has 1 aromatic carbocycles. The van der Waals surface area contributed by atoms with Crippen LogP contribution >= 0.6 is 0 Å². The lowest BCUT2D eigenvalue weighted by Crippen LogP contribution is -2.46. The maximum Gasteiger partial charge on any atom is 0.0592 e. The van der Waals surface area contributed by atoms with Crippen molar-refractivity contribution in [3.05, 3.63) is 18.2 Å². The molecule has 1 heterocycles. The summed E-state index contributed by atoms with van der Waals surface area (Å²) in [5.41, 5.74) is 8.97. The third kappa shape index (κ3) is 2.64. The molecule has 1 aliphatic heterocycles. The zero-order chi connectivity index (χ0) is 12.3. The van der Waals surface area contributed by atoms with Crippen molar-refractivity contribution in [3.63, 3.8) is 0 Å². The van der Waals surface area contributed by atoms with Crippen LogP contribution in [0, 0.1) is 0 Å². The van der Waals surface area contributed by atoms with Gasteiger partial charge in [-0.15, -0.1) is 0 Å². The van der Waals surface area contributed by atoms with Crippen LogP contribution in [0.1, 0.15) is 6.92 Å². The van der Waals surface area contributed by atoms with E-state index in [0.29, 0.717) is 0 Å². The molecule has 0 aromatic heterocycles. The number of piperazine rings is 1. The fraction of sp³-hybridized carbons (Fsp3) is 0.538. The summed E-state index contributed by atoms with van der Waals surface area (Å²) in [6, 6.07) is 6.22. The first-order chi connectivity index (χ1) is 8.24. The smallest absolute Gasteiger partial charge is 0.0592 e. The Morgan fingerprint density at radius 3 is 2.53 bits per heavy atom. The Labute approximate surface area is 103 Å². The van der Waals surface area contributed by atoms with Crippen LogP contribution in [0.4, 0.5) is 17.1 Å². The molecular formula is C13H22N4. The van der Waals surface area contributed by atoms with Gasteiger partial charge in [0.2, 0.25) is 0 Å². The van der Waals surface area contributed by atoms with Gasteiger partial charge in [0.15, 0.2) is 0 Å². The van der Waals surface area contributed by atoms with Crippen LogP contribution < -0.4 is 16.0 Å². The Balaban J connectivity index is 2.08. The third-order valence-corrected chi connectivity index (χ3v) is 3.49. The minimum atomic E-state index is 0.809. The average Bonchev–Trinajstić information content (AvgIpc) is 2.39. The highest BCUT2D eigenvalue weighted by Crippen LogP contribution is 2.25. The molecule has 0 saturated carbocycles. The van der Waals surface area contributed by atoms with E-state index in [1.807, 2.05) is 13.1 Å². The van der Waals surface area contributed by atoms with Gasteiger partial charge in [-0.3, -0.25) is 0 Å². The van der Waals surface area contributed by atoms with Crippen LogP contribution in [-0.4, -0.2) is 44.7 Å². The monoisotopic (exact) mass is 234 g/mol. The van der Waals surface area contributed by atoms with Gasteiger partial charge in [0, 0.05) is 38.9 Å². The minimum absolute atomic E-state index is 0.809. The number of anilines is 3. The van der Waals surface area contributed by atoms with E-state index in [9.17, 15) is 0 Å². The molecule has 4 heteroatoms. The van der Waals surface area contributed by atoms with Crippen LogP contribution in [0.5, 0.6) is 0 Å². The van der Waals surface area contributed by atoms with Gasteiger partial charge in [-0.2, -0.15) is 0 Å². The quantitative estimate of drug-likeness (QED) is 0.777. The predicted molar refractivity (Wildman–Crippen MR) is 74.7 cm³/mol. The van der Waals surface area contributed by atoms with E-state index in [4.69, 9.17) is 5.73 Å². The van der Waals surface area contributed by atoms with Crippen molar-refractivity contribution in [1.29, 1.82) is 0 Å². The van der Waals surface area contributed by atoms with Crippen LogP contribution in [-0.2, 0) is 0 Å². The summed E-state index contributed by atoms with van der Waals surface area (Å²) in [7, 11) is 1.91. The Morgan fingerprint density at radius 2 is 1.94 bits per heavy atom. The summed E-state index contributed by atoms with van der Waals surface area (Å²) in [5.74, 6) is 0. The fourth-order valence-corrected chi connectivity index (χ4v) is 2.28. The molecule has 17 heavy (non-hydrogen) atoms. The Bertz CT molecular complexity index is 370. The first kappa shape index (κ1) is 12.0. The van der Waals surface area contributed by atoms with E-state index in [-0.39, 0.29) is 0 Å². The van der Waals surface area contributed by atoms with Crippen LogP contribution in [0.2, 0.25) is 0 Å². The lowest BCUT2D eigenvalue weighted by molar-refractivity contribution is 0.271. The molecule has 4 nitrogen and oxygen atoms in total. The highest BCUT2D eigenvalue weighted by molar-refractivity contribution is 5.72. The van der Waals surface area contributed by atoms with Crippen molar-refractivity contribution in [3.8, 4) is 0 Å². The molecule has 1 saturated heterocycles. The number of benzene rings is 1. The molecule has 1 aromatic rings. The summed E-state index contributed by atoms with van der Waals surface area (Å²) < 4.78 is 0. The van der Waals surface area contributed by atoms with E-state index >= 15 is 0 Å². The number of hydrogen-bond donors (Lipinski definition) is 2. The molecule has 1 fully saturated rings. The summed E-state index contributed by atoms with van der Waals surface area (Å²) in [6.45, 7) is 7.86. The van der Waals surface area contributed by atoms with Gasteiger partial charge >= 0.3 is 0 Å². The molecule has 2 rings (SSSR count). The molecule has 3 N–H and O–H groups in total. The largest absolute Gasteiger partial charge is 0.397 e. The molecule has 0 atom stereocenters. The van der Waals surface area contributed by atoms with E-state index in [1.165, 1.54) is 5.69 Å². The summed E-state index contributed by atoms with van der Waals surface area (Å²) in [5, 5.41) is 3.13. The number of nitrogens with one attached hydrogen (secondary N) is 1. The number of nitrogens with zero attached hydrogens (tertiary/aromatic N) is 2. The molecule has 1 aliphatic rings.